The molecule has 0 radical (unpaired) electrons. The highest BCUT2D eigenvalue weighted by Gasteiger charge is 2.12. The first kappa shape index (κ1) is 19.5. The number of benzene rings is 1. The summed E-state index contributed by atoms with van der Waals surface area (Å²) in [7, 11) is 0. The Morgan fingerprint density at radius 3 is 2.64 bits per heavy atom. The van der Waals surface area contributed by atoms with Gasteiger partial charge in [-0.3, -0.25) is 5.43 Å². The molecular weight excluding hydrogens is 350 g/mol. The Morgan fingerprint density at radius 2 is 2.00 bits per heavy atom. The van der Waals surface area contributed by atoms with E-state index in [4.69, 9.17) is 17.0 Å². The summed E-state index contributed by atoms with van der Waals surface area (Å²) in [6.45, 7) is 4.36. The number of nitrogens with zero attached hydrogens (tertiary/aromatic N) is 1. The second-order valence-corrected chi connectivity index (χ2v) is 5.99. The van der Waals surface area contributed by atoms with Crippen LogP contribution in [-0.4, -0.2) is 56.8 Å². The second-order valence-electron chi connectivity index (χ2n) is 5.58. The predicted molar refractivity (Wildman–Crippen MR) is 95.4 cm³/mol. The van der Waals surface area contributed by atoms with Crippen molar-refractivity contribution >= 4 is 23.0 Å². The third-order valence-corrected chi connectivity index (χ3v) is 4.02. The van der Waals surface area contributed by atoms with Crippen LogP contribution in [0.25, 0.3) is 0 Å². The minimum Gasteiger partial charge on any atom is -0.435 e. The summed E-state index contributed by atoms with van der Waals surface area (Å²) >= 11 is 5.19. The summed E-state index contributed by atoms with van der Waals surface area (Å²) in [4.78, 5) is 1.49. The molecule has 1 aliphatic heterocycles. The van der Waals surface area contributed by atoms with Crippen LogP contribution in [0.2, 0.25) is 0 Å². The van der Waals surface area contributed by atoms with Crippen molar-refractivity contribution in [2.75, 3.05) is 39.4 Å². The van der Waals surface area contributed by atoms with E-state index in [-0.39, 0.29) is 5.75 Å². The highest BCUT2D eigenvalue weighted by Crippen LogP contribution is 2.15. The zero-order valence-electron chi connectivity index (χ0n) is 14.1. The number of hydrazone groups is 1. The third kappa shape index (κ3) is 7.29. The van der Waals surface area contributed by atoms with E-state index in [1.807, 2.05) is 0 Å². The highest BCUT2D eigenvalue weighted by molar-refractivity contribution is 7.80. The van der Waals surface area contributed by atoms with Gasteiger partial charge in [0.05, 0.1) is 32.0 Å². The summed E-state index contributed by atoms with van der Waals surface area (Å²) in [6, 6.07) is 6.28. The lowest BCUT2D eigenvalue weighted by molar-refractivity contribution is -0.906. The lowest BCUT2D eigenvalue weighted by Gasteiger charge is -2.23. The van der Waals surface area contributed by atoms with Gasteiger partial charge in [-0.1, -0.05) is 0 Å². The largest absolute Gasteiger partial charge is 0.435 e. The molecule has 1 saturated heterocycles. The van der Waals surface area contributed by atoms with E-state index in [0.29, 0.717) is 10.8 Å². The lowest BCUT2D eigenvalue weighted by atomic mass is 10.1. The van der Waals surface area contributed by atoms with Gasteiger partial charge in [0.25, 0.3) is 0 Å². The summed E-state index contributed by atoms with van der Waals surface area (Å²) in [5.74, 6) is 0.113. The topological polar surface area (TPSA) is 59.3 Å². The van der Waals surface area contributed by atoms with E-state index in [9.17, 15) is 8.78 Å². The van der Waals surface area contributed by atoms with Crippen molar-refractivity contribution in [3.8, 4) is 5.75 Å². The summed E-state index contributed by atoms with van der Waals surface area (Å²) in [6.07, 6.45) is 0. The van der Waals surface area contributed by atoms with E-state index in [0.717, 1.165) is 45.0 Å². The number of nitrogens with one attached hydrogen (secondary N) is 3. The number of thiocarbonyl (C=S) groups is 1. The molecule has 0 unspecified atom stereocenters. The Bertz CT molecular complexity index is 578. The van der Waals surface area contributed by atoms with Gasteiger partial charge in [0, 0.05) is 0 Å². The fourth-order valence-electron chi connectivity index (χ4n) is 2.38. The molecule has 9 heteroatoms. The number of hydrogen-bond donors (Lipinski definition) is 3. The molecule has 138 valence electrons. The Labute approximate surface area is 151 Å². The van der Waals surface area contributed by atoms with Crippen molar-refractivity contribution in [2.24, 2.45) is 5.10 Å². The maximum Gasteiger partial charge on any atom is 0.387 e. The molecule has 25 heavy (non-hydrogen) atoms. The van der Waals surface area contributed by atoms with E-state index in [1.165, 1.54) is 17.0 Å². The maximum atomic E-state index is 12.1. The number of alkyl halides is 2. The number of halogens is 2. The summed E-state index contributed by atoms with van der Waals surface area (Å²) in [5, 5.41) is 7.76. The molecule has 0 atom stereocenters. The standard InChI is InChI=1S/C16H22F2N4O2S/c1-12(13-2-4-14(5-3-13)24-15(17)18)20-21-16(25)19-6-7-22-8-10-23-11-9-22/h2-5,15H,6-11H2,1H3,(H2,19,21,25)/p+1/b20-12-. The number of ether oxygens (including phenoxy) is 2. The van der Waals surface area contributed by atoms with Gasteiger partial charge in [-0.05, 0) is 49.0 Å². The van der Waals surface area contributed by atoms with Crippen molar-refractivity contribution in [3.63, 3.8) is 0 Å². The molecule has 0 bridgehead atoms. The van der Waals surface area contributed by atoms with Crippen molar-refractivity contribution in [3.05, 3.63) is 29.8 Å². The molecule has 1 aliphatic rings. The molecule has 1 fully saturated rings. The molecule has 2 rings (SSSR count). The normalized spacial score (nSPS) is 15.9. The van der Waals surface area contributed by atoms with Gasteiger partial charge in [0.2, 0.25) is 0 Å². The smallest absolute Gasteiger partial charge is 0.387 e. The van der Waals surface area contributed by atoms with Crippen LogP contribution < -0.4 is 20.4 Å². The van der Waals surface area contributed by atoms with Gasteiger partial charge in [-0.2, -0.15) is 13.9 Å². The van der Waals surface area contributed by atoms with Crippen molar-refractivity contribution in [1.82, 2.24) is 10.7 Å². The van der Waals surface area contributed by atoms with Crippen molar-refractivity contribution in [2.45, 2.75) is 13.5 Å². The average Bonchev–Trinajstić information content (AvgIpc) is 2.61. The maximum absolute atomic E-state index is 12.1. The quantitative estimate of drug-likeness (QED) is 0.367. The van der Waals surface area contributed by atoms with Crippen LogP contribution in [0, 0.1) is 0 Å². The Morgan fingerprint density at radius 1 is 1.32 bits per heavy atom. The molecule has 0 amide bonds. The Kier molecular flexibility index (Phi) is 7.96. The zero-order valence-corrected chi connectivity index (χ0v) is 14.9. The Hall–Kier alpha value is -1.84. The van der Waals surface area contributed by atoms with Gasteiger partial charge in [0.1, 0.15) is 18.8 Å². The zero-order chi connectivity index (χ0) is 18.1. The summed E-state index contributed by atoms with van der Waals surface area (Å²) < 4.78 is 33.9. The van der Waals surface area contributed by atoms with Gasteiger partial charge in [-0.15, -0.1) is 0 Å². The van der Waals surface area contributed by atoms with E-state index in [2.05, 4.69) is 20.6 Å². The SMILES string of the molecule is C/C(=N/NC(=S)NCC[NH+]1CCOCC1)c1ccc(OC(F)F)cc1. The van der Waals surface area contributed by atoms with Crippen LogP contribution in [0.15, 0.2) is 29.4 Å². The minimum atomic E-state index is -2.83. The van der Waals surface area contributed by atoms with Crippen molar-refractivity contribution in [1.29, 1.82) is 0 Å². The van der Waals surface area contributed by atoms with Crippen LogP contribution in [-0.2, 0) is 4.74 Å². The molecule has 0 spiro atoms. The molecular formula is C16H23F2N4O2S+. The summed E-state index contributed by atoms with van der Waals surface area (Å²) in [5.41, 5.74) is 4.26. The van der Waals surface area contributed by atoms with Gasteiger partial charge < -0.3 is 19.7 Å². The first-order chi connectivity index (χ1) is 12.0. The molecule has 3 N–H and O–H groups in total. The molecule has 0 aliphatic carbocycles. The lowest BCUT2D eigenvalue weighted by Crippen LogP contribution is -3.14. The number of quaternary nitrogens is 1. The van der Waals surface area contributed by atoms with E-state index < -0.39 is 6.61 Å². The molecule has 1 aromatic rings. The van der Waals surface area contributed by atoms with Crippen LogP contribution in [0.4, 0.5) is 8.78 Å². The van der Waals surface area contributed by atoms with E-state index >= 15 is 0 Å². The van der Waals surface area contributed by atoms with Gasteiger partial charge in [0.15, 0.2) is 5.11 Å². The Balaban J connectivity index is 1.72. The predicted octanol–water partition coefficient (Wildman–Crippen LogP) is 0.391. The third-order valence-electron chi connectivity index (χ3n) is 3.79. The van der Waals surface area contributed by atoms with Crippen LogP contribution >= 0.6 is 12.2 Å². The second kappa shape index (κ2) is 10.2. The first-order valence-corrected chi connectivity index (χ1v) is 8.50. The molecule has 1 aromatic carbocycles. The number of rotatable bonds is 7. The fraction of sp³-hybridized carbons (Fsp3) is 0.500. The van der Waals surface area contributed by atoms with E-state index in [1.54, 1.807) is 19.1 Å². The average molecular weight is 373 g/mol. The molecule has 1 heterocycles. The molecule has 0 saturated carbocycles. The highest BCUT2D eigenvalue weighted by atomic mass is 32.1. The van der Waals surface area contributed by atoms with Crippen LogP contribution in [0.3, 0.4) is 0 Å². The molecule has 6 nitrogen and oxygen atoms in total. The van der Waals surface area contributed by atoms with Gasteiger partial charge >= 0.3 is 6.61 Å². The van der Waals surface area contributed by atoms with Crippen LogP contribution in [0.5, 0.6) is 5.75 Å². The van der Waals surface area contributed by atoms with Crippen molar-refractivity contribution < 1.29 is 23.2 Å². The minimum absolute atomic E-state index is 0.113. The number of hydrogen-bond acceptors (Lipinski definition) is 4. The number of morpholine rings is 1. The first-order valence-electron chi connectivity index (χ1n) is 8.09. The molecule has 0 aromatic heterocycles. The monoisotopic (exact) mass is 373 g/mol. The van der Waals surface area contributed by atoms with Gasteiger partial charge in [-0.25, -0.2) is 0 Å². The fourth-order valence-corrected chi connectivity index (χ4v) is 2.53. The van der Waals surface area contributed by atoms with Crippen LogP contribution in [0.1, 0.15) is 12.5 Å².